The molecule has 0 aliphatic carbocycles. The summed E-state index contributed by atoms with van der Waals surface area (Å²) in [5, 5.41) is 0. The second-order valence-electron chi connectivity index (χ2n) is 8.07. The molecule has 26 heavy (non-hydrogen) atoms. The molecule has 3 saturated heterocycles. The summed E-state index contributed by atoms with van der Waals surface area (Å²) in [6.07, 6.45) is 3.91. The number of hydrogen-bond donors (Lipinski definition) is 0. The molecular formula is C23H28N2O. The number of piperazine rings is 1. The van der Waals surface area contributed by atoms with Gasteiger partial charge in [-0.05, 0) is 49.1 Å². The highest BCUT2D eigenvalue weighted by atomic mass is 16.5. The van der Waals surface area contributed by atoms with Gasteiger partial charge in [0.15, 0.2) is 0 Å². The van der Waals surface area contributed by atoms with Crippen LogP contribution in [0.2, 0.25) is 0 Å². The number of rotatable bonds is 4. The Bertz CT molecular complexity index is 747. The first-order valence-electron chi connectivity index (χ1n) is 10.1. The van der Waals surface area contributed by atoms with Crippen LogP contribution in [-0.2, 0) is 11.3 Å². The van der Waals surface area contributed by atoms with Crippen LogP contribution in [0.1, 0.15) is 36.3 Å². The molecule has 0 N–H and O–H groups in total. The van der Waals surface area contributed by atoms with Crippen molar-refractivity contribution in [3.63, 3.8) is 0 Å². The highest BCUT2D eigenvalue weighted by Gasteiger charge is 2.39. The topological polar surface area (TPSA) is 15.7 Å². The highest BCUT2D eigenvalue weighted by molar-refractivity contribution is 5.48. The van der Waals surface area contributed by atoms with Crippen LogP contribution in [0.4, 0.5) is 5.69 Å². The highest BCUT2D eigenvalue weighted by Crippen LogP contribution is 2.34. The second-order valence-corrected chi connectivity index (χ2v) is 8.07. The average Bonchev–Trinajstić information content (AvgIpc) is 2.73. The minimum Gasteiger partial charge on any atom is -0.376 e. The smallest absolute Gasteiger partial charge is 0.0719 e. The van der Waals surface area contributed by atoms with Gasteiger partial charge < -0.3 is 9.64 Å². The van der Waals surface area contributed by atoms with E-state index in [1.807, 2.05) is 0 Å². The normalized spacial score (nSPS) is 28.2. The Kier molecular flexibility index (Phi) is 4.43. The number of nitrogens with zero attached hydrogens (tertiary/aromatic N) is 2. The minimum absolute atomic E-state index is 0.561. The van der Waals surface area contributed by atoms with Gasteiger partial charge in [0, 0.05) is 36.8 Å². The Morgan fingerprint density at radius 2 is 1.69 bits per heavy atom. The van der Waals surface area contributed by atoms with E-state index >= 15 is 0 Å². The predicted molar refractivity (Wildman–Crippen MR) is 106 cm³/mol. The van der Waals surface area contributed by atoms with E-state index in [9.17, 15) is 0 Å². The molecule has 4 aliphatic rings. The summed E-state index contributed by atoms with van der Waals surface area (Å²) in [5.41, 5.74) is 4.31. The van der Waals surface area contributed by atoms with E-state index in [1.165, 1.54) is 55.7 Å². The van der Waals surface area contributed by atoms with Crippen molar-refractivity contribution in [1.29, 1.82) is 0 Å². The van der Waals surface area contributed by atoms with Crippen molar-refractivity contribution in [1.82, 2.24) is 4.90 Å². The van der Waals surface area contributed by atoms with E-state index < -0.39 is 0 Å². The van der Waals surface area contributed by atoms with Crippen LogP contribution in [-0.4, -0.2) is 43.2 Å². The van der Waals surface area contributed by atoms with Gasteiger partial charge in [0.25, 0.3) is 0 Å². The van der Waals surface area contributed by atoms with E-state index in [2.05, 4.69) is 64.4 Å². The Morgan fingerprint density at radius 1 is 0.885 bits per heavy atom. The Morgan fingerprint density at radius 3 is 2.54 bits per heavy atom. The van der Waals surface area contributed by atoms with Crippen molar-refractivity contribution < 1.29 is 4.74 Å². The predicted octanol–water partition coefficient (Wildman–Crippen LogP) is 4.04. The monoisotopic (exact) mass is 348 g/mol. The van der Waals surface area contributed by atoms with Crippen molar-refractivity contribution in [3.05, 3.63) is 65.7 Å². The quantitative estimate of drug-likeness (QED) is 0.829. The molecule has 0 aromatic heterocycles. The van der Waals surface area contributed by atoms with Gasteiger partial charge in [-0.1, -0.05) is 42.5 Å². The van der Waals surface area contributed by atoms with E-state index in [1.54, 1.807) is 0 Å². The summed E-state index contributed by atoms with van der Waals surface area (Å²) in [4.78, 5) is 5.40. The van der Waals surface area contributed by atoms with Gasteiger partial charge >= 0.3 is 0 Å². The summed E-state index contributed by atoms with van der Waals surface area (Å²) in [6, 6.07) is 21.2. The number of anilines is 1. The Labute approximate surface area is 156 Å². The number of hydrogen-bond acceptors (Lipinski definition) is 3. The van der Waals surface area contributed by atoms with Crippen LogP contribution >= 0.6 is 0 Å². The summed E-state index contributed by atoms with van der Waals surface area (Å²) in [7, 11) is 0. The van der Waals surface area contributed by atoms with E-state index in [-0.39, 0.29) is 0 Å². The largest absolute Gasteiger partial charge is 0.376 e. The van der Waals surface area contributed by atoms with Crippen LogP contribution in [0, 0.1) is 0 Å². The van der Waals surface area contributed by atoms with Gasteiger partial charge in [-0.25, -0.2) is 0 Å². The summed E-state index contributed by atoms with van der Waals surface area (Å²) in [5.74, 6) is 0.561. The first kappa shape index (κ1) is 16.3. The number of fused-ring (bicyclic) bond motifs is 4. The molecule has 2 aromatic carbocycles. The van der Waals surface area contributed by atoms with E-state index in [0.29, 0.717) is 18.0 Å². The summed E-state index contributed by atoms with van der Waals surface area (Å²) < 4.78 is 5.86. The maximum absolute atomic E-state index is 5.86. The number of piperidine rings is 2. The maximum Gasteiger partial charge on any atom is 0.0719 e. The molecule has 136 valence electrons. The molecule has 0 spiro atoms. The molecule has 6 rings (SSSR count). The number of ether oxygens (including phenoxy) is 1. The first-order valence-corrected chi connectivity index (χ1v) is 10.1. The third-order valence-corrected chi connectivity index (χ3v) is 6.57. The van der Waals surface area contributed by atoms with Gasteiger partial charge in [0.1, 0.15) is 0 Å². The standard InChI is InChI=1S/C23H28N2O/c1-2-7-20(8-3-1)25-15-21-10-11-22(25)14-24(21)13-12-19-17-26-16-18-6-4-5-9-23(18)19/h1-9,19,21-22H,10-17H2/t19?,21-,22-/m0/s1. The van der Waals surface area contributed by atoms with Crippen LogP contribution in [0.3, 0.4) is 0 Å². The molecule has 4 aliphatic heterocycles. The van der Waals surface area contributed by atoms with Crippen molar-refractivity contribution in [2.24, 2.45) is 0 Å². The van der Waals surface area contributed by atoms with Gasteiger partial charge in [0.05, 0.1) is 13.2 Å². The lowest BCUT2D eigenvalue weighted by Crippen LogP contribution is -2.63. The minimum atomic E-state index is 0.561. The third kappa shape index (κ3) is 3.04. The van der Waals surface area contributed by atoms with Crippen molar-refractivity contribution >= 4 is 5.69 Å². The van der Waals surface area contributed by atoms with E-state index in [4.69, 9.17) is 4.74 Å². The molecule has 2 aromatic rings. The van der Waals surface area contributed by atoms with Crippen molar-refractivity contribution in [3.8, 4) is 0 Å². The molecule has 0 saturated carbocycles. The zero-order chi connectivity index (χ0) is 17.3. The van der Waals surface area contributed by atoms with Crippen LogP contribution < -0.4 is 4.90 Å². The van der Waals surface area contributed by atoms with Crippen molar-refractivity contribution in [2.45, 2.75) is 43.9 Å². The van der Waals surface area contributed by atoms with Gasteiger partial charge in [-0.3, -0.25) is 4.90 Å². The fourth-order valence-electron chi connectivity index (χ4n) is 5.15. The van der Waals surface area contributed by atoms with Crippen LogP contribution in [0.25, 0.3) is 0 Å². The molecule has 3 fully saturated rings. The van der Waals surface area contributed by atoms with Crippen LogP contribution in [0.5, 0.6) is 0 Å². The van der Waals surface area contributed by atoms with Gasteiger partial charge in [0.2, 0.25) is 0 Å². The average molecular weight is 348 g/mol. The molecule has 0 radical (unpaired) electrons. The SMILES string of the molecule is c1ccc(N2C[C@@H]3CC[C@H]2CN3CCC2COCc3ccccc32)cc1. The maximum atomic E-state index is 5.86. The summed E-state index contributed by atoms with van der Waals surface area (Å²) in [6.45, 7) is 5.27. The van der Waals surface area contributed by atoms with Crippen molar-refractivity contribution in [2.75, 3.05) is 31.1 Å². The Hall–Kier alpha value is -1.84. The molecular weight excluding hydrogens is 320 g/mol. The lowest BCUT2D eigenvalue weighted by atomic mass is 9.87. The lowest BCUT2D eigenvalue weighted by molar-refractivity contribution is 0.0670. The molecule has 1 unspecified atom stereocenters. The fourth-order valence-corrected chi connectivity index (χ4v) is 5.15. The molecule has 3 nitrogen and oxygen atoms in total. The second kappa shape index (κ2) is 7.05. The molecule has 0 amide bonds. The fraction of sp³-hybridized carbons (Fsp3) is 0.478. The first-order chi connectivity index (χ1) is 12.9. The molecule has 3 atom stereocenters. The number of benzene rings is 2. The summed E-state index contributed by atoms with van der Waals surface area (Å²) >= 11 is 0. The Balaban J connectivity index is 1.24. The molecule has 4 heterocycles. The van der Waals surface area contributed by atoms with Gasteiger partial charge in [-0.2, -0.15) is 0 Å². The zero-order valence-corrected chi connectivity index (χ0v) is 15.4. The molecule has 3 heteroatoms. The molecule has 2 bridgehead atoms. The number of para-hydroxylation sites is 1. The van der Waals surface area contributed by atoms with Gasteiger partial charge in [-0.15, -0.1) is 0 Å². The van der Waals surface area contributed by atoms with E-state index in [0.717, 1.165) is 13.2 Å². The zero-order valence-electron chi connectivity index (χ0n) is 15.4. The lowest BCUT2D eigenvalue weighted by Gasteiger charge is -2.53. The third-order valence-electron chi connectivity index (χ3n) is 6.57. The van der Waals surface area contributed by atoms with Crippen LogP contribution in [0.15, 0.2) is 54.6 Å².